The van der Waals surface area contributed by atoms with Crippen LogP contribution in [0.25, 0.3) is 0 Å². The average Bonchev–Trinajstić information content (AvgIpc) is 2.35. The van der Waals surface area contributed by atoms with Gasteiger partial charge in [-0.2, -0.15) is 0 Å². The van der Waals surface area contributed by atoms with Gasteiger partial charge in [-0.05, 0) is 25.8 Å². The molecule has 1 saturated heterocycles. The molecule has 0 saturated carbocycles. The molecule has 0 bridgehead atoms. The van der Waals surface area contributed by atoms with Gasteiger partial charge < -0.3 is 20.6 Å². The van der Waals surface area contributed by atoms with Crippen molar-refractivity contribution >= 4 is 5.84 Å². The molecule has 2 unspecified atom stereocenters. The van der Waals surface area contributed by atoms with E-state index in [-0.39, 0.29) is 5.92 Å². The van der Waals surface area contributed by atoms with Crippen LogP contribution in [0.15, 0.2) is 5.16 Å². The lowest BCUT2D eigenvalue weighted by Gasteiger charge is -2.33. The van der Waals surface area contributed by atoms with Gasteiger partial charge in [0, 0.05) is 25.6 Å². The number of oxime groups is 1. The van der Waals surface area contributed by atoms with Gasteiger partial charge in [0.05, 0.1) is 6.10 Å². The molecule has 0 aliphatic carbocycles. The first kappa shape index (κ1) is 14.3. The van der Waals surface area contributed by atoms with Gasteiger partial charge in [-0.15, -0.1) is 0 Å². The standard InChI is InChI=1S/C12H25N3O2/c1-3-7-17-11-5-4-6-15(9-11)8-10(2)12(13)14-16/h10-11,16H,3-9H2,1-2H3,(H2,13,14). The van der Waals surface area contributed by atoms with Gasteiger partial charge in [-0.25, -0.2) is 0 Å². The second-order valence-corrected chi connectivity index (χ2v) is 4.82. The van der Waals surface area contributed by atoms with E-state index in [1.165, 1.54) is 0 Å². The van der Waals surface area contributed by atoms with Crippen molar-refractivity contribution in [2.45, 2.75) is 39.2 Å². The number of nitrogens with two attached hydrogens (primary N) is 1. The van der Waals surface area contributed by atoms with Crippen molar-refractivity contribution in [2.24, 2.45) is 16.8 Å². The lowest BCUT2D eigenvalue weighted by molar-refractivity contribution is -0.00153. The van der Waals surface area contributed by atoms with E-state index in [4.69, 9.17) is 15.7 Å². The van der Waals surface area contributed by atoms with Crippen molar-refractivity contribution in [3.63, 3.8) is 0 Å². The first-order valence-electron chi connectivity index (χ1n) is 6.48. The van der Waals surface area contributed by atoms with Crippen molar-refractivity contribution in [1.82, 2.24) is 4.90 Å². The molecular formula is C12H25N3O2. The molecular weight excluding hydrogens is 218 g/mol. The van der Waals surface area contributed by atoms with Crippen molar-refractivity contribution in [3.05, 3.63) is 0 Å². The molecule has 1 rings (SSSR count). The van der Waals surface area contributed by atoms with Crippen LogP contribution in [0.1, 0.15) is 33.1 Å². The van der Waals surface area contributed by atoms with Crippen LogP contribution in [0.5, 0.6) is 0 Å². The molecule has 5 heteroatoms. The summed E-state index contributed by atoms with van der Waals surface area (Å²) in [7, 11) is 0. The largest absolute Gasteiger partial charge is 0.409 e. The zero-order chi connectivity index (χ0) is 12.7. The molecule has 1 heterocycles. The summed E-state index contributed by atoms with van der Waals surface area (Å²) in [6.45, 7) is 7.82. The van der Waals surface area contributed by atoms with E-state index in [1.807, 2.05) is 6.92 Å². The summed E-state index contributed by atoms with van der Waals surface area (Å²) in [5, 5.41) is 11.7. The minimum Gasteiger partial charge on any atom is -0.409 e. The van der Waals surface area contributed by atoms with Crippen molar-refractivity contribution in [2.75, 3.05) is 26.2 Å². The van der Waals surface area contributed by atoms with Crippen LogP contribution in [0, 0.1) is 5.92 Å². The summed E-state index contributed by atoms with van der Waals surface area (Å²) in [4.78, 5) is 2.34. The normalized spacial score (nSPS) is 24.8. The van der Waals surface area contributed by atoms with Crippen LogP contribution < -0.4 is 5.73 Å². The summed E-state index contributed by atoms with van der Waals surface area (Å²) < 4.78 is 5.78. The van der Waals surface area contributed by atoms with Gasteiger partial charge >= 0.3 is 0 Å². The SMILES string of the molecule is CCCOC1CCCN(CC(C)/C(N)=N/O)C1. The number of ether oxygens (including phenoxy) is 1. The van der Waals surface area contributed by atoms with Gasteiger partial charge in [0.15, 0.2) is 0 Å². The quantitative estimate of drug-likeness (QED) is 0.319. The topological polar surface area (TPSA) is 71.1 Å². The number of hydrogen-bond donors (Lipinski definition) is 2. The zero-order valence-corrected chi connectivity index (χ0v) is 10.9. The molecule has 1 aliphatic heterocycles. The highest BCUT2D eigenvalue weighted by atomic mass is 16.5. The van der Waals surface area contributed by atoms with Gasteiger partial charge in [-0.1, -0.05) is 19.0 Å². The van der Waals surface area contributed by atoms with E-state index in [1.54, 1.807) is 0 Å². The van der Waals surface area contributed by atoms with Crippen LogP contribution in [0.3, 0.4) is 0 Å². The Hall–Kier alpha value is -0.810. The molecule has 0 radical (unpaired) electrons. The maximum atomic E-state index is 8.62. The molecule has 5 nitrogen and oxygen atoms in total. The van der Waals surface area contributed by atoms with Crippen molar-refractivity contribution in [3.8, 4) is 0 Å². The second kappa shape index (κ2) is 7.50. The van der Waals surface area contributed by atoms with Crippen LogP contribution in [-0.4, -0.2) is 48.3 Å². The van der Waals surface area contributed by atoms with Gasteiger partial charge in [-0.3, -0.25) is 0 Å². The number of nitrogens with zero attached hydrogens (tertiary/aromatic N) is 2. The maximum absolute atomic E-state index is 8.62. The summed E-state index contributed by atoms with van der Waals surface area (Å²) in [6.07, 6.45) is 3.73. The van der Waals surface area contributed by atoms with E-state index in [2.05, 4.69) is 17.0 Å². The van der Waals surface area contributed by atoms with E-state index in [0.29, 0.717) is 11.9 Å². The molecule has 100 valence electrons. The van der Waals surface area contributed by atoms with E-state index in [9.17, 15) is 0 Å². The predicted molar refractivity (Wildman–Crippen MR) is 68.3 cm³/mol. The number of piperidine rings is 1. The maximum Gasteiger partial charge on any atom is 0.143 e. The minimum atomic E-state index is 0.0879. The lowest BCUT2D eigenvalue weighted by atomic mass is 10.1. The highest BCUT2D eigenvalue weighted by molar-refractivity contribution is 5.82. The van der Waals surface area contributed by atoms with Gasteiger partial charge in [0.2, 0.25) is 0 Å². The van der Waals surface area contributed by atoms with Crippen molar-refractivity contribution < 1.29 is 9.94 Å². The molecule has 1 aliphatic rings. The Morgan fingerprint density at radius 3 is 3.06 bits per heavy atom. The van der Waals surface area contributed by atoms with Crippen LogP contribution in [0.4, 0.5) is 0 Å². The fraction of sp³-hybridized carbons (Fsp3) is 0.917. The number of rotatable bonds is 6. The molecule has 0 aromatic rings. The number of hydrogen-bond acceptors (Lipinski definition) is 4. The van der Waals surface area contributed by atoms with Crippen molar-refractivity contribution in [1.29, 1.82) is 0 Å². The third-order valence-electron chi connectivity index (χ3n) is 3.17. The fourth-order valence-corrected chi connectivity index (χ4v) is 2.18. The summed E-state index contributed by atoms with van der Waals surface area (Å²) >= 11 is 0. The zero-order valence-electron chi connectivity index (χ0n) is 10.9. The molecule has 3 N–H and O–H groups in total. The summed E-state index contributed by atoms with van der Waals surface area (Å²) in [5.74, 6) is 0.395. The lowest BCUT2D eigenvalue weighted by Crippen LogP contribution is -2.43. The molecule has 2 atom stereocenters. The first-order chi connectivity index (χ1) is 8.17. The highest BCUT2D eigenvalue weighted by Gasteiger charge is 2.22. The Bertz CT molecular complexity index is 246. The molecule has 0 aromatic heterocycles. The Labute approximate surface area is 104 Å². The Kier molecular flexibility index (Phi) is 6.29. The smallest absolute Gasteiger partial charge is 0.143 e. The monoisotopic (exact) mass is 243 g/mol. The van der Waals surface area contributed by atoms with Crippen LogP contribution in [-0.2, 0) is 4.74 Å². The van der Waals surface area contributed by atoms with E-state index < -0.39 is 0 Å². The number of likely N-dealkylation sites (tertiary alicyclic amines) is 1. The minimum absolute atomic E-state index is 0.0879. The van der Waals surface area contributed by atoms with Crippen LogP contribution >= 0.6 is 0 Å². The Morgan fingerprint density at radius 1 is 1.65 bits per heavy atom. The third-order valence-corrected chi connectivity index (χ3v) is 3.17. The predicted octanol–water partition coefficient (Wildman–Crippen LogP) is 1.26. The van der Waals surface area contributed by atoms with Gasteiger partial charge in [0.1, 0.15) is 5.84 Å². The van der Waals surface area contributed by atoms with Crippen LogP contribution in [0.2, 0.25) is 0 Å². The fourth-order valence-electron chi connectivity index (χ4n) is 2.18. The summed E-state index contributed by atoms with van der Waals surface area (Å²) in [5.41, 5.74) is 5.59. The summed E-state index contributed by atoms with van der Waals surface area (Å²) in [6, 6.07) is 0. The van der Waals surface area contributed by atoms with Gasteiger partial charge in [0.25, 0.3) is 0 Å². The number of amidine groups is 1. The van der Waals surface area contributed by atoms with E-state index >= 15 is 0 Å². The van der Waals surface area contributed by atoms with E-state index in [0.717, 1.165) is 45.5 Å². The first-order valence-corrected chi connectivity index (χ1v) is 6.48. The Morgan fingerprint density at radius 2 is 2.41 bits per heavy atom. The third kappa shape index (κ3) is 4.91. The second-order valence-electron chi connectivity index (χ2n) is 4.82. The molecule has 17 heavy (non-hydrogen) atoms. The molecule has 0 spiro atoms. The Balaban J connectivity index is 2.33. The highest BCUT2D eigenvalue weighted by Crippen LogP contribution is 2.15. The molecule has 0 aromatic carbocycles. The average molecular weight is 243 g/mol. The molecule has 1 fully saturated rings. The molecule has 0 amide bonds.